The van der Waals surface area contributed by atoms with Gasteiger partial charge in [-0.05, 0) is 18.8 Å². The van der Waals surface area contributed by atoms with Gasteiger partial charge < -0.3 is 4.57 Å². The molecule has 0 amide bonds. The van der Waals surface area contributed by atoms with Gasteiger partial charge in [-0.15, -0.1) is 24.0 Å². The minimum absolute atomic E-state index is 0. The first kappa shape index (κ1) is 10.9. The molecule has 0 aliphatic heterocycles. The van der Waals surface area contributed by atoms with E-state index in [1.54, 1.807) is 0 Å². The van der Waals surface area contributed by atoms with Crippen LogP contribution < -0.4 is 0 Å². The monoisotopic (exact) mass is 220 g/mol. The molecule has 0 spiro atoms. The maximum Gasteiger partial charge on any atom is 0.123 e. The summed E-state index contributed by atoms with van der Waals surface area (Å²) in [5.74, 6) is 2.41. The molecule has 1 heterocycles. The second kappa shape index (κ2) is 4.87. The van der Waals surface area contributed by atoms with Crippen LogP contribution in [-0.4, -0.2) is 9.55 Å². The van der Waals surface area contributed by atoms with E-state index in [1.807, 2.05) is 12.4 Å². The van der Waals surface area contributed by atoms with Crippen molar-refractivity contribution in [1.82, 2.24) is 9.55 Å². The van der Waals surface area contributed by atoms with E-state index in [1.165, 1.54) is 19.3 Å². The number of hydrogen-bond acceptors (Lipinski definition) is 1. The molecule has 0 bridgehead atoms. The van der Waals surface area contributed by atoms with E-state index in [-0.39, 0.29) is 12.4 Å². The van der Waals surface area contributed by atoms with Gasteiger partial charge in [0.15, 0.2) is 0 Å². The molecule has 0 N–H and O–H groups in total. The summed E-state index contributed by atoms with van der Waals surface area (Å²) in [6.07, 6.45) is 8.00. The zero-order valence-corrected chi connectivity index (χ0v) is 9.02. The second-order valence-corrected chi connectivity index (χ2v) is 3.69. The van der Waals surface area contributed by atoms with Crippen molar-refractivity contribution in [3.8, 4) is 0 Å². The van der Waals surface area contributed by atoms with Crippen molar-refractivity contribution in [3.63, 3.8) is 0 Å². The van der Waals surface area contributed by atoms with Gasteiger partial charge in [0.25, 0.3) is 0 Å². The van der Waals surface area contributed by atoms with Crippen LogP contribution in [0.3, 0.4) is 0 Å². The number of nitrogens with zero attached hydrogens (tertiary/aromatic N) is 2. The van der Waals surface area contributed by atoms with Gasteiger partial charge in [-0.3, -0.25) is 0 Å². The number of aromatic nitrogens is 2. The van der Waals surface area contributed by atoms with Gasteiger partial charge in [0, 0.05) is 18.9 Å². The fraction of sp³-hybridized carbons (Fsp3) is 0.667. The molecule has 2 nitrogen and oxygen atoms in total. The lowest BCUT2D eigenvalue weighted by Gasteiger charge is -2.26. The van der Waals surface area contributed by atoms with Crippen LogP contribution in [0.4, 0.5) is 0 Å². The molecule has 0 saturated heterocycles. The maximum atomic E-state index is 5.73. The topological polar surface area (TPSA) is 17.8 Å². The van der Waals surface area contributed by atoms with Crippen molar-refractivity contribution in [3.05, 3.63) is 18.2 Å². The number of alkyl halides is 1. The predicted molar refractivity (Wildman–Crippen MR) is 56.4 cm³/mol. The molecular weight excluding hydrogens is 207 g/mol. The van der Waals surface area contributed by atoms with Gasteiger partial charge in [-0.1, -0.05) is 6.42 Å². The van der Waals surface area contributed by atoms with E-state index in [2.05, 4.69) is 9.55 Å². The number of hydrogen-bond donors (Lipinski definition) is 0. The average molecular weight is 221 g/mol. The van der Waals surface area contributed by atoms with E-state index in [4.69, 9.17) is 11.6 Å². The van der Waals surface area contributed by atoms with Gasteiger partial charge in [0.1, 0.15) is 5.82 Å². The third-order valence-electron chi connectivity index (χ3n) is 2.60. The molecule has 1 aliphatic carbocycles. The van der Waals surface area contributed by atoms with Crippen LogP contribution in [0, 0.1) is 5.92 Å². The summed E-state index contributed by atoms with van der Waals surface area (Å²) in [4.78, 5) is 4.18. The lowest BCUT2D eigenvalue weighted by Crippen LogP contribution is -2.18. The van der Waals surface area contributed by atoms with Gasteiger partial charge in [-0.2, -0.15) is 0 Å². The molecule has 2 rings (SSSR count). The van der Waals surface area contributed by atoms with Gasteiger partial charge in [0.05, 0.1) is 5.88 Å². The first-order chi connectivity index (χ1) is 5.90. The molecule has 13 heavy (non-hydrogen) atoms. The van der Waals surface area contributed by atoms with Crippen LogP contribution in [0.1, 0.15) is 25.1 Å². The number of rotatable bonds is 3. The van der Waals surface area contributed by atoms with E-state index >= 15 is 0 Å². The number of imidazole rings is 1. The Morgan fingerprint density at radius 3 is 2.85 bits per heavy atom. The largest absolute Gasteiger partial charge is 0.334 e. The van der Waals surface area contributed by atoms with Crippen LogP contribution in [0.5, 0.6) is 0 Å². The van der Waals surface area contributed by atoms with E-state index in [0.717, 1.165) is 18.3 Å². The summed E-state index contributed by atoms with van der Waals surface area (Å²) in [6.45, 7) is 1.11. The summed E-state index contributed by atoms with van der Waals surface area (Å²) >= 11 is 5.73. The van der Waals surface area contributed by atoms with E-state index < -0.39 is 0 Å². The van der Waals surface area contributed by atoms with Gasteiger partial charge in [-0.25, -0.2) is 4.98 Å². The molecule has 1 aliphatic rings. The maximum absolute atomic E-state index is 5.73. The van der Waals surface area contributed by atoms with Crippen molar-refractivity contribution < 1.29 is 0 Å². The minimum atomic E-state index is 0. The SMILES string of the molecule is Cl.ClCc1nccn1CC1CCC1. The predicted octanol–water partition coefficient (Wildman–Crippen LogP) is 2.84. The highest BCUT2D eigenvalue weighted by atomic mass is 35.5. The molecule has 1 fully saturated rings. The van der Waals surface area contributed by atoms with Crippen LogP contribution in [0.25, 0.3) is 0 Å². The first-order valence-electron chi connectivity index (χ1n) is 4.46. The minimum Gasteiger partial charge on any atom is -0.334 e. The Morgan fingerprint density at radius 2 is 2.31 bits per heavy atom. The summed E-state index contributed by atoms with van der Waals surface area (Å²) in [7, 11) is 0. The molecular formula is C9H14Cl2N2. The molecule has 0 atom stereocenters. The Balaban J connectivity index is 0.000000845. The highest BCUT2D eigenvalue weighted by molar-refractivity contribution is 6.16. The van der Waals surface area contributed by atoms with Crippen LogP contribution in [0.2, 0.25) is 0 Å². The third-order valence-corrected chi connectivity index (χ3v) is 2.84. The summed E-state index contributed by atoms with van der Waals surface area (Å²) in [6, 6.07) is 0. The molecule has 1 aromatic heterocycles. The van der Waals surface area contributed by atoms with E-state index in [9.17, 15) is 0 Å². The molecule has 0 unspecified atom stereocenters. The van der Waals surface area contributed by atoms with Crippen molar-refractivity contribution in [2.24, 2.45) is 5.92 Å². The lowest BCUT2D eigenvalue weighted by atomic mass is 9.85. The second-order valence-electron chi connectivity index (χ2n) is 3.43. The molecule has 0 radical (unpaired) electrons. The third kappa shape index (κ3) is 2.38. The van der Waals surface area contributed by atoms with Crippen LogP contribution in [0.15, 0.2) is 12.4 Å². The van der Waals surface area contributed by atoms with Crippen LogP contribution in [-0.2, 0) is 12.4 Å². The Labute approximate surface area is 89.7 Å². The van der Waals surface area contributed by atoms with Gasteiger partial charge >= 0.3 is 0 Å². The quantitative estimate of drug-likeness (QED) is 0.717. The fourth-order valence-corrected chi connectivity index (χ4v) is 1.81. The van der Waals surface area contributed by atoms with Crippen LogP contribution >= 0.6 is 24.0 Å². The molecule has 1 saturated carbocycles. The van der Waals surface area contributed by atoms with Crippen molar-refractivity contribution >= 4 is 24.0 Å². The summed E-state index contributed by atoms with van der Waals surface area (Å²) < 4.78 is 2.18. The highest BCUT2D eigenvalue weighted by Crippen LogP contribution is 2.28. The molecule has 4 heteroatoms. The highest BCUT2D eigenvalue weighted by Gasteiger charge is 2.18. The Hall–Kier alpha value is -0.210. The zero-order chi connectivity index (χ0) is 8.39. The first-order valence-corrected chi connectivity index (χ1v) is 4.99. The van der Waals surface area contributed by atoms with E-state index in [0.29, 0.717) is 5.88 Å². The lowest BCUT2D eigenvalue weighted by molar-refractivity contribution is 0.274. The smallest absolute Gasteiger partial charge is 0.123 e. The summed E-state index contributed by atoms with van der Waals surface area (Å²) in [5.41, 5.74) is 0. The van der Waals surface area contributed by atoms with Crippen molar-refractivity contribution in [2.75, 3.05) is 0 Å². The van der Waals surface area contributed by atoms with Gasteiger partial charge in [0.2, 0.25) is 0 Å². The standard InChI is InChI=1S/C9H13ClN2.ClH/c10-6-9-11-4-5-12(9)7-8-2-1-3-8;/h4-5,8H,1-3,6-7H2;1H. The zero-order valence-electron chi connectivity index (χ0n) is 7.45. The summed E-state index contributed by atoms with van der Waals surface area (Å²) in [5, 5.41) is 0. The normalized spacial score (nSPS) is 16.4. The fourth-order valence-electron chi connectivity index (χ4n) is 1.59. The molecule has 0 aromatic carbocycles. The Bertz CT molecular complexity index is 256. The van der Waals surface area contributed by atoms with Crippen molar-refractivity contribution in [2.45, 2.75) is 31.7 Å². The Kier molecular flexibility index (Phi) is 4.07. The number of halogens is 2. The molecule has 1 aromatic rings. The molecule has 74 valence electrons. The Morgan fingerprint density at radius 1 is 1.54 bits per heavy atom. The van der Waals surface area contributed by atoms with Crippen molar-refractivity contribution in [1.29, 1.82) is 0 Å². The average Bonchev–Trinajstić information content (AvgIpc) is 2.43.